The molecule has 1 aliphatic heterocycles. The van der Waals surface area contributed by atoms with Gasteiger partial charge in [0.1, 0.15) is 11.5 Å². The maximum absolute atomic E-state index is 13.0. The van der Waals surface area contributed by atoms with Crippen LogP contribution in [0.15, 0.2) is 48.5 Å². The molecule has 1 saturated heterocycles. The molecule has 2 aromatic carbocycles. The largest absolute Gasteiger partial charge is 0.497 e. The molecule has 3 aromatic rings. The van der Waals surface area contributed by atoms with Crippen LogP contribution in [0.25, 0.3) is 17.0 Å². The van der Waals surface area contributed by atoms with Gasteiger partial charge in [-0.3, -0.25) is 9.69 Å². The topological polar surface area (TPSA) is 46.9 Å². The van der Waals surface area contributed by atoms with Crippen LogP contribution in [-0.2, 0) is 17.8 Å². The van der Waals surface area contributed by atoms with Crippen LogP contribution in [0.1, 0.15) is 23.2 Å². The summed E-state index contributed by atoms with van der Waals surface area (Å²) >= 11 is 5.96. The van der Waals surface area contributed by atoms with E-state index in [2.05, 4.69) is 34.6 Å². The first kappa shape index (κ1) is 26.1. The molecular formula is C29H36ClN3O3. The first-order chi connectivity index (χ1) is 17.5. The highest BCUT2D eigenvalue weighted by atomic mass is 35.5. The zero-order chi connectivity index (χ0) is 25.5. The molecule has 2 heterocycles. The number of piperazine rings is 1. The molecule has 7 heteroatoms. The second kappa shape index (κ2) is 12.3. The molecule has 192 valence electrons. The van der Waals surface area contributed by atoms with Crippen molar-refractivity contribution in [3.05, 3.63) is 65.4 Å². The predicted molar refractivity (Wildman–Crippen MR) is 147 cm³/mol. The Kier molecular flexibility index (Phi) is 8.94. The van der Waals surface area contributed by atoms with E-state index in [4.69, 9.17) is 21.1 Å². The summed E-state index contributed by atoms with van der Waals surface area (Å²) in [5.41, 5.74) is 4.63. The molecule has 0 atom stereocenters. The molecule has 0 N–H and O–H groups in total. The fourth-order valence-corrected chi connectivity index (χ4v) is 4.98. The van der Waals surface area contributed by atoms with Gasteiger partial charge in [0.15, 0.2) is 0 Å². The Labute approximate surface area is 219 Å². The summed E-state index contributed by atoms with van der Waals surface area (Å²) in [4.78, 5) is 17.4. The zero-order valence-electron chi connectivity index (χ0n) is 21.5. The highest BCUT2D eigenvalue weighted by Crippen LogP contribution is 2.31. The van der Waals surface area contributed by atoms with Crippen LogP contribution in [0.2, 0.25) is 0 Å². The lowest BCUT2D eigenvalue weighted by atomic mass is 10.1. The summed E-state index contributed by atoms with van der Waals surface area (Å²) in [6, 6.07) is 14.4. The van der Waals surface area contributed by atoms with E-state index in [-0.39, 0.29) is 5.91 Å². The fraction of sp³-hybridized carbons (Fsp3) is 0.414. The lowest BCUT2D eigenvalue weighted by Crippen LogP contribution is -2.48. The molecule has 1 aliphatic rings. The van der Waals surface area contributed by atoms with Gasteiger partial charge in [-0.05, 0) is 61.7 Å². The van der Waals surface area contributed by atoms with Gasteiger partial charge in [0.25, 0.3) is 0 Å². The Bertz CT molecular complexity index is 1190. The highest BCUT2D eigenvalue weighted by molar-refractivity contribution is 6.17. The third kappa shape index (κ3) is 6.05. The molecule has 0 radical (unpaired) electrons. The summed E-state index contributed by atoms with van der Waals surface area (Å²) in [5, 5.41) is 1.09. The molecule has 36 heavy (non-hydrogen) atoms. The SMILES string of the molecule is COc1ccc(CCN2CCN(C(=O)/C=C/c3c(C)n(CCCCl)c4ccc(OC)cc34)CC2)cc1. The zero-order valence-corrected chi connectivity index (χ0v) is 22.3. The number of hydrogen-bond acceptors (Lipinski definition) is 4. The summed E-state index contributed by atoms with van der Waals surface area (Å²) in [6.45, 7) is 7.22. The first-order valence-corrected chi connectivity index (χ1v) is 13.1. The van der Waals surface area contributed by atoms with Crippen molar-refractivity contribution in [2.45, 2.75) is 26.3 Å². The monoisotopic (exact) mass is 509 g/mol. The van der Waals surface area contributed by atoms with Crippen molar-refractivity contribution < 1.29 is 14.3 Å². The van der Waals surface area contributed by atoms with Crippen molar-refractivity contribution in [2.75, 3.05) is 52.8 Å². The maximum atomic E-state index is 13.0. The number of halogens is 1. The van der Waals surface area contributed by atoms with Crippen molar-refractivity contribution >= 4 is 34.5 Å². The molecule has 4 rings (SSSR count). The number of rotatable bonds is 10. The first-order valence-electron chi connectivity index (χ1n) is 12.6. The molecule has 0 spiro atoms. The Balaban J connectivity index is 1.38. The van der Waals surface area contributed by atoms with Crippen molar-refractivity contribution in [3.8, 4) is 11.5 Å². The van der Waals surface area contributed by atoms with Crippen molar-refractivity contribution in [1.29, 1.82) is 0 Å². The standard InChI is InChI=1S/C29H36ClN3O3/c1-22-26(27-21-25(36-3)9-11-28(27)33(22)15-4-14-30)10-12-29(34)32-19-17-31(18-20-32)16-13-23-5-7-24(35-2)8-6-23/h5-12,21H,4,13-20H2,1-3H3/b12-10+. The number of benzene rings is 2. The lowest BCUT2D eigenvalue weighted by Gasteiger charge is -2.34. The minimum absolute atomic E-state index is 0.0637. The van der Waals surface area contributed by atoms with Crippen LogP contribution in [0.5, 0.6) is 11.5 Å². The van der Waals surface area contributed by atoms with E-state index in [9.17, 15) is 4.79 Å². The third-order valence-corrected chi connectivity index (χ3v) is 7.31. The van der Waals surface area contributed by atoms with Gasteiger partial charge < -0.3 is 18.9 Å². The van der Waals surface area contributed by atoms with Crippen LogP contribution < -0.4 is 9.47 Å². The number of hydrogen-bond donors (Lipinski definition) is 0. The molecular weight excluding hydrogens is 474 g/mol. The summed E-state index contributed by atoms with van der Waals surface area (Å²) in [5.74, 6) is 2.37. The number of fused-ring (bicyclic) bond motifs is 1. The number of methoxy groups -OCH3 is 2. The van der Waals surface area contributed by atoms with Gasteiger partial charge in [0.05, 0.1) is 14.2 Å². The molecule has 0 aliphatic carbocycles. The van der Waals surface area contributed by atoms with E-state index >= 15 is 0 Å². The van der Waals surface area contributed by atoms with E-state index in [1.165, 1.54) is 5.56 Å². The van der Waals surface area contributed by atoms with E-state index in [1.54, 1.807) is 20.3 Å². The van der Waals surface area contributed by atoms with Crippen molar-refractivity contribution in [1.82, 2.24) is 14.4 Å². The smallest absolute Gasteiger partial charge is 0.246 e. The highest BCUT2D eigenvalue weighted by Gasteiger charge is 2.20. The van der Waals surface area contributed by atoms with Crippen LogP contribution >= 0.6 is 11.6 Å². The van der Waals surface area contributed by atoms with Gasteiger partial charge in [0, 0.05) is 73.4 Å². The molecule has 1 amide bonds. The van der Waals surface area contributed by atoms with Gasteiger partial charge in [-0.15, -0.1) is 11.6 Å². The minimum Gasteiger partial charge on any atom is -0.497 e. The van der Waals surface area contributed by atoms with Crippen LogP contribution in [0.3, 0.4) is 0 Å². The van der Waals surface area contributed by atoms with Crippen LogP contribution in [0, 0.1) is 6.92 Å². The normalized spacial score (nSPS) is 14.6. The quantitative estimate of drug-likeness (QED) is 0.285. The number of carbonyl (C=O) groups is 1. The Hall–Kier alpha value is -2.96. The average molecular weight is 510 g/mol. The molecule has 1 aromatic heterocycles. The van der Waals surface area contributed by atoms with Gasteiger partial charge in [0.2, 0.25) is 5.91 Å². The van der Waals surface area contributed by atoms with Crippen LogP contribution in [0.4, 0.5) is 0 Å². The van der Waals surface area contributed by atoms with Crippen molar-refractivity contribution in [3.63, 3.8) is 0 Å². The van der Waals surface area contributed by atoms with Crippen LogP contribution in [-0.4, -0.2) is 73.1 Å². The average Bonchev–Trinajstić information content (AvgIpc) is 3.19. The van der Waals surface area contributed by atoms with Gasteiger partial charge in [-0.2, -0.15) is 0 Å². The Morgan fingerprint density at radius 1 is 0.972 bits per heavy atom. The fourth-order valence-electron chi connectivity index (χ4n) is 4.86. The maximum Gasteiger partial charge on any atom is 0.246 e. The summed E-state index contributed by atoms with van der Waals surface area (Å²) in [6.07, 6.45) is 5.57. The van der Waals surface area contributed by atoms with E-state index < -0.39 is 0 Å². The number of alkyl halides is 1. The lowest BCUT2D eigenvalue weighted by molar-refractivity contribution is -0.127. The number of amides is 1. The number of carbonyl (C=O) groups excluding carboxylic acids is 1. The van der Waals surface area contributed by atoms with Gasteiger partial charge in [-0.1, -0.05) is 12.1 Å². The number of aryl methyl sites for hydroxylation is 1. The predicted octanol–water partition coefficient (Wildman–Crippen LogP) is 5.00. The Morgan fingerprint density at radius 2 is 1.67 bits per heavy atom. The number of nitrogens with zero attached hydrogens (tertiary/aromatic N) is 3. The molecule has 1 fully saturated rings. The van der Waals surface area contributed by atoms with Crippen molar-refractivity contribution in [2.24, 2.45) is 0 Å². The molecule has 0 bridgehead atoms. The van der Waals surface area contributed by atoms with Gasteiger partial charge in [-0.25, -0.2) is 0 Å². The Morgan fingerprint density at radius 3 is 2.33 bits per heavy atom. The molecule has 0 saturated carbocycles. The molecule has 0 unspecified atom stereocenters. The summed E-state index contributed by atoms with van der Waals surface area (Å²) < 4.78 is 13.0. The second-order valence-electron chi connectivity index (χ2n) is 9.17. The molecule has 6 nitrogen and oxygen atoms in total. The van der Waals surface area contributed by atoms with E-state index in [0.717, 1.165) is 85.8 Å². The third-order valence-electron chi connectivity index (χ3n) is 7.05. The minimum atomic E-state index is 0.0637. The second-order valence-corrected chi connectivity index (χ2v) is 9.55. The van der Waals surface area contributed by atoms with E-state index in [1.807, 2.05) is 35.2 Å². The van der Waals surface area contributed by atoms with Gasteiger partial charge >= 0.3 is 0 Å². The number of ether oxygens (including phenoxy) is 2. The van der Waals surface area contributed by atoms with E-state index in [0.29, 0.717) is 5.88 Å². The summed E-state index contributed by atoms with van der Waals surface area (Å²) in [7, 11) is 3.36. The number of aromatic nitrogens is 1.